The third-order valence-electron chi connectivity index (χ3n) is 2.65. The average molecular weight is 267 g/mol. The van der Waals surface area contributed by atoms with Crippen LogP contribution in [0.5, 0.6) is 0 Å². The molecule has 0 atom stereocenters. The minimum absolute atomic E-state index is 0.0405. The molecule has 1 aromatic rings. The molecule has 1 heterocycles. The molecule has 19 heavy (non-hydrogen) atoms. The van der Waals surface area contributed by atoms with E-state index in [0.717, 1.165) is 13.0 Å². The van der Waals surface area contributed by atoms with Crippen molar-refractivity contribution < 1.29 is 9.66 Å². The van der Waals surface area contributed by atoms with E-state index in [2.05, 4.69) is 24.1 Å². The molecule has 1 N–H and O–H groups in total. The van der Waals surface area contributed by atoms with Crippen molar-refractivity contribution in [2.75, 3.05) is 25.1 Å². The molecule has 6 nitrogen and oxygen atoms in total. The third-order valence-corrected chi connectivity index (χ3v) is 2.65. The Hall–Kier alpha value is -1.69. The molecule has 0 aromatic carbocycles. The third kappa shape index (κ3) is 5.65. The summed E-state index contributed by atoms with van der Waals surface area (Å²) in [6, 6.07) is 3.07. The largest absolute Gasteiger partial charge is 0.380 e. The summed E-state index contributed by atoms with van der Waals surface area (Å²) < 4.78 is 5.46. The van der Waals surface area contributed by atoms with E-state index in [1.165, 1.54) is 6.07 Å². The molecule has 0 saturated heterocycles. The maximum atomic E-state index is 10.6. The number of pyridine rings is 1. The summed E-state index contributed by atoms with van der Waals surface area (Å²) in [5.41, 5.74) is 0.453. The van der Waals surface area contributed by atoms with Gasteiger partial charge in [0.15, 0.2) is 0 Å². The van der Waals surface area contributed by atoms with Crippen molar-refractivity contribution in [1.29, 1.82) is 0 Å². The summed E-state index contributed by atoms with van der Waals surface area (Å²) >= 11 is 0. The second-order valence-electron chi connectivity index (χ2n) is 4.78. The Kier molecular flexibility index (Phi) is 6.21. The molecule has 0 spiro atoms. The smallest absolute Gasteiger partial charge is 0.290 e. The van der Waals surface area contributed by atoms with Gasteiger partial charge in [0.25, 0.3) is 5.69 Å². The van der Waals surface area contributed by atoms with Gasteiger partial charge in [0.05, 0.1) is 11.5 Å². The van der Waals surface area contributed by atoms with Crippen molar-refractivity contribution in [3.63, 3.8) is 0 Å². The first-order chi connectivity index (χ1) is 9.00. The van der Waals surface area contributed by atoms with Gasteiger partial charge >= 0.3 is 0 Å². The van der Waals surface area contributed by atoms with E-state index in [1.54, 1.807) is 13.0 Å². The predicted molar refractivity (Wildman–Crippen MR) is 74.4 cm³/mol. The average Bonchev–Trinajstić information content (AvgIpc) is 2.32. The maximum Gasteiger partial charge on any atom is 0.290 e. The summed E-state index contributed by atoms with van der Waals surface area (Å²) in [4.78, 5) is 14.3. The second kappa shape index (κ2) is 7.68. The van der Waals surface area contributed by atoms with E-state index >= 15 is 0 Å². The van der Waals surface area contributed by atoms with Crippen molar-refractivity contribution in [2.45, 2.75) is 27.2 Å². The zero-order chi connectivity index (χ0) is 14.3. The minimum atomic E-state index is -0.429. The van der Waals surface area contributed by atoms with Gasteiger partial charge < -0.3 is 10.1 Å². The fourth-order valence-corrected chi connectivity index (χ4v) is 1.52. The number of anilines is 1. The number of ether oxygens (including phenoxy) is 1. The number of rotatable bonds is 8. The lowest BCUT2D eigenvalue weighted by atomic mass is 10.1. The molecular weight excluding hydrogens is 246 g/mol. The van der Waals surface area contributed by atoms with Crippen LogP contribution in [0.1, 0.15) is 26.0 Å². The van der Waals surface area contributed by atoms with Crippen LogP contribution in [0, 0.1) is 23.0 Å². The van der Waals surface area contributed by atoms with Gasteiger partial charge in [0.1, 0.15) is 11.5 Å². The Morgan fingerprint density at radius 3 is 2.74 bits per heavy atom. The molecular formula is C13H21N3O3. The van der Waals surface area contributed by atoms with Crippen LogP contribution in [0.3, 0.4) is 0 Å². The second-order valence-corrected chi connectivity index (χ2v) is 4.78. The SMILES string of the molecule is Cc1nc(NCCOCCC(C)C)ccc1[N+](=O)[O-]. The Balaban J connectivity index is 2.30. The van der Waals surface area contributed by atoms with E-state index in [0.29, 0.717) is 30.6 Å². The molecule has 0 amide bonds. The summed E-state index contributed by atoms with van der Waals surface area (Å²) in [5, 5.41) is 13.7. The van der Waals surface area contributed by atoms with E-state index in [-0.39, 0.29) is 5.69 Å². The molecule has 0 saturated carbocycles. The minimum Gasteiger partial charge on any atom is -0.380 e. The topological polar surface area (TPSA) is 77.3 Å². The van der Waals surface area contributed by atoms with Crippen LogP contribution < -0.4 is 5.32 Å². The Morgan fingerprint density at radius 2 is 2.16 bits per heavy atom. The van der Waals surface area contributed by atoms with E-state index in [9.17, 15) is 10.1 Å². The van der Waals surface area contributed by atoms with Crippen LogP contribution in [0.15, 0.2) is 12.1 Å². The first kappa shape index (κ1) is 15.4. The van der Waals surface area contributed by atoms with Gasteiger partial charge in [-0.15, -0.1) is 0 Å². The highest BCUT2D eigenvalue weighted by Gasteiger charge is 2.11. The molecule has 0 aliphatic rings. The van der Waals surface area contributed by atoms with Gasteiger partial charge in [-0.2, -0.15) is 0 Å². The number of aromatic nitrogens is 1. The Bertz CT molecular complexity index is 422. The molecule has 0 fully saturated rings. The lowest BCUT2D eigenvalue weighted by Gasteiger charge is -2.08. The van der Waals surface area contributed by atoms with E-state index in [4.69, 9.17) is 4.74 Å². The van der Waals surface area contributed by atoms with Crippen molar-refractivity contribution >= 4 is 11.5 Å². The first-order valence-electron chi connectivity index (χ1n) is 6.44. The number of hydrogen-bond acceptors (Lipinski definition) is 5. The van der Waals surface area contributed by atoms with Crippen molar-refractivity contribution in [3.05, 3.63) is 27.9 Å². The van der Waals surface area contributed by atoms with Crippen molar-refractivity contribution in [1.82, 2.24) is 4.98 Å². The molecule has 0 unspecified atom stereocenters. The van der Waals surface area contributed by atoms with Crippen LogP contribution in [0.2, 0.25) is 0 Å². The summed E-state index contributed by atoms with van der Waals surface area (Å²) in [5.74, 6) is 1.28. The maximum absolute atomic E-state index is 10.6. The van der Waals surface area contributed by atoms with Gasteiger partial charge in [-0.3, -0.25) is 10.1 Å². The molecule has 6 heteroatoms. The summed E-state index contributed by atoms with van der Waals surface area (Å²) in [6.07, 6.45) is 1.05. The Morgan fingerprint density at radius 1 is 1.42 bits per heavy atom. The highest BCUT2D eigenvalue weighted by Crippen LogP contribution is 2.17. The highest BCUT2D eigenvalue weighted by molar-refractivity contribution is 5.44. The van der Waals surface area contributed by atoms with Gasteiger partial charge in [-0.05, 0) is 25.3 Å². The molecule has 1 aromatic heterocycles. The van der Waals surface area contributed by atoms with Gasteiger partial charge in [-0.1, -0.05) is 13.8 Å². The van der Waals surface area contributed by atoms with E-state index < -0.39 is 4.92 Å². The van der Waals surface area contributed by atoms with E-state index in [1.807, 2.05) is 0 Å². The van der Waals surface area contributed by atoms with Crippen LogP contribution in [0.4, 0.5) is 11.5 Å². The zero-order valence-electron chi connectivity index (χ0n) is 11.7. The monoisotopic (exact) mass is 267 g/mol. The molecule has 0 bridgehead atoms. The quantitative estimate of drug-likeness (QED) is 0.445. The molecule has 0 radical (unpaired) electrons. The fourth-order valence-electron chi connectivity index (χ4n) is 1.52. The predicted octanol–water partition coefficient (Wildman–Crippen LogP) is 2.77. The number of nitro groups is 1. The number of hydrogen-bond donors (Lipinski definition) is 1. The van der Waals surface area contributed by atoms with Crippen LogP contribution in [0.25, 0.3) is 0 Å². The molecule has 106 valence electrons. The zero-order valence-corrected chi connectivity index (χ0v) is 11.7. The summed E-state index contributed by atoms with van der Waals surface area (Å²) in [7, 11) is 0. The molecule has 0 aliphatic carbocycles. The summed E-state index contributed by atoms with van der Waals surface area (Å²) in [6.45, 7) is 7.94. The van der Waals surface area contributed by atoms with Gasteiger partial charge in [-0.25, -0.2) is 4.98 Å². The normalized spacial score (nSPS) is 10.7. The number of nitrogens with one attached hydrogen (secondary N) is 1. The van der Waals surface area contributed by atoms with Crippen LogP contribution >= 0.6 is 0 Å². The molecule has 1 rings (SSSR count). The van der Waals surface area contributed by atoms with Crippen LogP contribution in [-0.2, 0) is 4.74 Å². The standard InChI is InChI=1S/C13H21N3O3/c1-10(2)6-8-19-9-7-14-13-5-4-12(16(17)18)11(3)15-13/h4-5,10H,6-9H2,1-3H3,(H,14,15). The Labute approximate surface area is 113 Å². The number of nitrogens with zero attached hydrogens (tertiary/aromatic N) is 2. The van der Waals surface area contributed by atoms with Crippen LogP contribution in [-0.4, -0.2) is 29.7 Å². The van der Waals surface area contributed by atoms with Gasteiger partial charge in [0.2, 0.25) is 0 Å². The lowest BCUT2D eigenvalue weighted by Crippen LogP contribution is -2.12. The highest BCUT2D eigenvalue weighted by atomic mass is 16.6. The number of aryl methyl sites for hydroxylation is 1. The van der Waals surface area contributed by atoms with Gasteiger partial charge in [0, 0.05) is 19.2 Å². The van der Waals surface area contributed by atoms with Crippen molar-refractivity contribution in [3.8, 4) is 0 Å². The lowest BCUT2D eigenvalue weighted by molar-refractivity contribution is -0.385. The first-order valence-corrected chi connectivity index (χ1v) is 6.44. The molecule has 0 aliphatic heterocycles. The fraction of sp³-hybridized carbons (Fsp3) is 0.615. The van der Waals surface area contributed by atoms with Crippen molar-refractivity contribution in [2.24, 2.45) is 5.92 Å².